The van der Waals surface area contributed by atoms with Crippen LogP contribution in [0.15, 0.2) is 30.3 Å². The van der Waals surface area contributed by atoms with Crippen LogP contribution in [0.3, 0.4) is 0 Å². The average molecular weight is 300 g/mol. The van der Waals surface area contributed by atoms with Crippen LogP contribution in [0.25, 0.3) is 0 Å². The smallest absolute Gasteiger partial charge is 0.132 e. The summed E-state index contributed by atoms with van der Waals surface area (Å²) in [7, 11) is 0. The van der Waals surface area contributed by atoms with E-state index < -0.39 is 5.82 Å². The SMILES string of the molecule is CCNc1cccc(Nc2c(Cl)cc(F)cc2Cl)n1. The molecular formula is C13H12Cl2FN3. The van der Waals surface area contributed by atoms with Crippen molar-refractivity contribution in [1.82, 2.24) is 4.98 Å². The van der Waals surface area contributed by atoms with Gasteiger partial charge in [0.15, 0.2) is 0 Å². The number of pyridine rings is 1. The predicted octanol–water partition coefficient (Wildman–Crippen LogP) is 4.70. The highest BCUT2D eigenvalue weighted by Gasteiger charge is 2.09. The molecule has 0 spiro atoms. The number of hydrogen-bond donors (Lipinski definition) is 2. The van der Waals surface area contributed by atoms with Gasteiger partial charge < -0.3 is 10.6 Å². The summed E-state index contributed by atoms with van der Waals surface area (Å²) in [5, 5.41) is 6.50. The van der Waals surface area contributed by atoms with Crippen molar-refractivity contribution >= 4 is 40.5 Å². The van der Waals surface area contributed by atoms with E-state index in [0.717, 1.165) is 12.4 Å². The number of hydrogen-bond acceptors (Lipinski definition) is 3. The lowest BCUT2D eigenvalue weighted by atomic mass is 10.3. The molecule has 0 aliphatic heterocycles. The molecule has 2 aromatic rings. The second kappa shape index (κ2) is 6.08. The molecule has 0 bridgehead atoms. The van der Waals surface area contributed by atoms with Crippen LogP contribution in [-0.2, 0) is 0 Å². The Morgan fingerprint density at radius 3 is 2.42 bits per heavy atom. The summed E-state index contributed by atoms with van der Waals surface area (Å²) in [5.74, 6) is 0.839. The van der Waals surface area contributed by atoms with Gasteiger partial charge >= 0.3 is 0 Å². The van der Waals surface area contributed by atoms with Gasteiger partial charge in [-0.05, 0) is 31.2 Å². The molecular weight excluding hydrogens is 288 g/mol. The first-order chi connectivity index (χ1) is 9.10. The van der Waals surface area contributed by atoms with Crippen LogP contribution < -0.4 is 10.6 Å². The van der Waals surface area contributed by atoms with E-state index in [0.29, 0.717) is 11.5 Å². The zero-order valence-corrected chi connectivity index (χ0v) is 11.7. The second-order valence-electron chi connectivity index (χ2n) is 3.81. The molecule has 0 aliphatic rings. The minimum absolute atomic E-state index is 0.209. The molecule has 1 aromatic heterocycles. The lowest BCUT2D eigenvalue weighted by Gasteiger charge is -2.11. The number of anilines is 3. The molecule has 0 saturated heterocycles. The summed E-state index contributed by atoms with van der Waals surface area (Å²) in [5.41, 5.74) is 0.436. The van der Waals surface area contributed by atoms with Crippen molar-refractivity contribution in [3.63, 3.8) is 0 Å². The third-order valence-corrected chi connectivity index (χ3v) is 2.96. The Labute approximate surface area is 120 Å². The summed E-state index contributed by atoms with van der Waals surface area (Å²) in [6.45, 7) is 2.75. The van der Waals surface area contributed by atoms with E-state index in [1.54, 1.807) is 6.07 Å². The maximum absolute atomic E-state index is 13.1. The van der Waals surface area contributed by atoms with Gasteiger partial charge in [-0.25, -0.2) is 9.37 Å². The zero-order chi connectivity index (χ0) is 13.8. The molecule has 1 heterocycles. The quantitative estimate of drug-likeness (QED) is 0.859. The summed E-state index contributed by atoms with van der Waals surface area (Å²) < 4.78 is 13.1. The number of rotatable bonds is 4. The van der Waals surface area contributed by atoms with Crippen LogP contribution in [0.5, 0.6) is 0 Å². The van der Waals surface area contributed by atoms with Gasteiger partial charge in [0.1, 0.15) is 17.5 Å². The van der Waals surface area contributed by atoms with Crippen LogP contribution in [0.4, 0.5) is 21.7 Å². The zero-order valence-electron chi connectivity index (χ0n) is 10.2. The molecule has 3 nitrogen and oxygen atoms in total. The van der Waals surface area contributed by atoms with Gasteiger partial charge in [0.25, 0.3) is 0 Å². The Bertz CT molecular complexity index is 567. The first-order valence-electron chi connectivity index (χ1n) is 5.72. The molecule has 0 fully saturated rings. The molecule has 0 amide bonds. The number of nitrogens with zero attached hydrogens (tertiary/aromatic N) is 1. The van der Waals surface area contributed by atoms with Crippen LogP contribution in [0, 0.1) is 5.82 Å². The van der Waals surface area contributed by atoms with Crippen molar-refractivity contribution in [3.8, 4) is 0 Å². The Morgan fingerprint density at radius 1 is 1.16 bits per heavy atom. The Kier molecular flexibility index (Phi) is 4.45. The molecule has 2 N–H and O–H groups in total. The largest absolute Gasteiger partial charge is 0.370 e. The molecule has 1 aromatic carbocycles. The van der Waals surface area contributed by atoms with Crippen LogP contribution in [0.1, 0.15) is 6.92 Å². The molecule has 2 rings (SSSR count). The molecule has 0 atom stereocenters. The number of benzene rings is 1. The minimum Gasteiger partial charge on any atom is -0.370 e. The maximum atomic E-state index is 13.1. The van der Waals surface area contributed by atoms with E-state index in [1.807, 2.05) is 19.1 Å². The lowest BCUT2D eigenvalue weighted by Crippen LogP contribution is -2.01. The van der Waals surface area contributed by atoms with Gasteiger partial charge in [-0.3, -0.25) is 0 Å². The van der Waals surface area contributed by atoms with Gasteiger partial charge in [0.2, 0.25) is 0 Å². The molecule has 6 heteroatoms. The van der Waals surface area contributed by atoms with Crippen molar-refractivity contribution in [2.24, 2.45) is 0 Å². The fourth-order valence-electron chi connectivity index (χ4n) is 1.57. The van der Waals surface area contributed by atoms with Crippen molar-refractivity contribution in [2.75, 3.05) is 17.2 Å². The summed E-state index contributed by atoms with van der Waals surface area (Å²) in [4.78, 5) is 4.33. The van der Waals surface area contributed by atoms with Gasteiger partial charge in [-0.1, -0.05) is 29.3 Å². The normalized spacial score (nSPS) is 10.3. The van der Waals surface area contributed by atoms with Crippen molar-refractivity contribution in [2.45, 2.75) is 6.92 Å². The van der Waals surface area contributed by atoms with Crippen molar-refractivity contribution in [1.29, 1.82) is 0 Å². The van der Waals surface area contributed by atoms with Gasteiger partial charge in [0, 0.05) is 6.54 Å². The second-order valence-corrected chi connectivity index (χ2v) is 4.62. The first-order valence-corrected chi connectivity index (χ1v) is 6.48. The van der Waals surface area contributed by atoms with Crippen LogP contribution in [0.2, 0.25) is 10.0 Å². The van der Waals surface area contributed by atoms with E-state index in [9.17, 15) is 4.39 Å². The number of aromatic nitrogens is 1. The summed E-state index contributed by atoms with van der Waals surface area (Å²) >= 11 is 11.9. The van der Waals surface area contributed by atoms with Gasteiger partial charge in [-0.2, -0.15) is 0 Å². The monoisotopic (exact) mass is 299 g/mol. The van der Waals surface area contributed by atoms with E-state index in [-0.39, 0.29) is 10.0 Å². The summed E-state index contributed by atoms with van der Waals surface area (Å²) in [6, 6.07) is 7.87. The first kappa shape index (κ1) is 13.9. The Morgan fingerprint density at radius 2 is 1.79 bits per heavy atom. The fourth-order valence-corrected chi connectivity index (χ4v) is 2.13. The molecule has 0 unspecified atom stereocenters. The topological polar surface area (TPSA) is 37.0 Å². The van der Waals surface area contributed by atoms with Crippen molar-refractivity contribution in [3.05, 3.63) is 46.2 Å². The van der Waals surface area contributed by atoms with Crippen LogP contribution in [-0.4, -0.2) is 11.5 Å². The molecule has 100 valence electrons. The fraction of sp³-hybridized carbons (Fsp3) is 0.154. The average Bonchev–Trinajstić information content (AvgIpc) is 2.35. The minimum atomic E-state index is -0.477. The predicted molar refractivity (Wildman–Crippen MR) is 78.1 cm³/mol. The third kappa shape index (κ3) is 3.49. The highest BCUT2D eigenvalue weighted by atomic mass is 35.5. The van der Waals surface area contributed by atoms with Crippen LogP contribution >= 0.6 is 23.2 Å². The van der Waals surface area contributed by atoms with Crippen molar-refractivity contribution < 1.29 is 4.39 Å². The molecule has 0 aliphatic carbocycles. The summed E-state index contributed by atoms with van der Waals surface area (Å²) in [6.07, 6.45) is 0. The standard InChI is InChI=1S/C13H12Cl2FN3/c1-2-17-11-4-3-5-12(18-11)19-13-9(14)6-8(16)7-10(13)15/h3-7H,2H2,1H3,(H2,17,18,19). The van der Waals surface area contributed by atoms with Gasteiger partial charge in [0.05, 0.1) is 15.7 Å². The number of nitrogens with one attached hydrogen (secondary N) is 2. The molecule has 19 heavy (non-hydrogen) atoms. The van der Waals surface area contributed by atoms with E-state index in [1.165, 1.54) is 12.1 Å². The Hall–Kier alpha value is -1.52. The highest BCUT2D eigenvalue weighted by molar-refractivity contribution is 6.39. The highest BCUT2D eigenvalue weighted by Crippen LogP contribution is 2.33. The molecule has 0 saturated carbocycles. The van der Waals surface area contributed by atoms with E-state index in [2.05, 4.69) is 15.6 Å². The lowest BCUT2D eigenvalue weighted by molar-refractivity contribution is 0.628. The Balaban J connectivity index is 2.28. The third-order valence-electron chi connectivity index (χ3n) is 2.37. The van der Waals surface area contributed by atoms with Gasteiger partial charge in [-0.15, -0.1) is 0 Å². The molecule has 0 radical (unpaired) electrons. The van der Waals surface area contributed by atoms with E-state index in [4.69, 9.17) is 23.2 Å². The van der Waals surface area contributed by atoms with E-state index >= 15 is 0 Å². The maximum Gasteiger partial charge on any atom is 0.132 e. The number of halogens is 3.